The summed E-state index contributed by atoms with van der Waals surface area (Å²) in [5.41, 5.74) is 1.05. The number of hydrogen-bond donors (Lipinski definition) is 2. The first kappa shape index (κ1) is 17.4. The van der Waals surface area contributed by atoms with Crippen LogP contribution in [0.5, 0.6) is 0 Å². The number of nitriles is 1. The maximum absolute atomic E-state index is 12.9. The van der Waals surface area contributed by atoms with Gasteiger partial charge in [-0.05, 0) is 18.6 Å². The number of alkyl halides is 1. The zero-order valence-electron chi connectivity index (χ0n) is 13.6. The van der Waals surface area contributed by atoms with Crippen molar-refractivity contribution in [1.29, 1.82) is 5.26 Å². The van der Waals surface area contributed by atoms with E-state index in [4.69, 9.17) is 14.8 Å². The first-order chi connectivity index (χ1) is 12.5. The van der Waals surface area contributed by atoms with Gasteiger partial charge in [-0.2, -0.15) is 5.26 Å². The molecule has 3 rings (SSSR count). The molecule has 9 heteroatoms. The SMILES string of the molecule is N#Cc1cccc(-c2cnc(C(=O)N[C@@H]3C[C@@H](CF)N(C(=O)O)C3)o2)c1. The highest BCUT2D eigenvalue weighted by Gasteiger charge is 2.36. The second-order valence-electron chi connectivity index (χ2n) is 5.87. The number of nitrogens with zero attached hydrogens (tertiary/aromatic N) is 3. The summed E-state index contributed by atoms with van der Waals surface area (Å²) in [7, 11) is 0. The van der Waals surface area contributed by atoms with Gasteiger partial charge in [0.05, 0.1) is 23.9 Å². The minimum atomic E-state index is -1.22. The monoisotopic (exact) mass is 358 g/mol. The van der Waals surface area contributed by atoms with Gasteiger partial charge >= 0.3 is 12.0 Å². The van der Waals surface area contributed by atoms with Crippen LogP contribution >= 0.6 is 0 Å². The van der Waals surface area contributed by atoms with E-state index in [-0.39, 0.29) is 18.9 Å². The van der Waals surface area contributed by atoms with Crippen LogP contribution in [0.2, 0.25) is 0 Å². The summed E-state index contributed by atoms with van der Waals surface area (Å²) < 4.78 is 18.4. The van der Waals surface area contributed by atoms with Crippen molar-refractivity contribution >= 4 is 12.0 Å². The van der Waals surface area contributed by atoms with Crippen LogP contribution in [0.1, 0.15) is 22.7 Å². The molecule has 134 valence electrons. The summed E-state index contributed by atoms with van der Waals surface area (Å²) in [5.74, 6) is -0.470. The fourth-order valence-electron chi connectivity index (χ4n) is 2.90. The molecule has 1 fully saturated rings. The molecule has 0 unspecified atom stereocenters. The number of benzene rings is 1. The van der Waals surface area contributed by atoms with Gasteiger partial charge in [-0.3, -0.25) is 4.79 Å². The molecule has 26 heavy (non-hydrogen) atoms. The van der Waals surface area contributed by atoms with Crippen LogP contribution in [0.25, 0.3) is 11.3 Å². The molecule has 0 radical (unpaired) electrons. The van der Waals surface area contributed by atoms with E-state index in [1.165, 1.54) is 6.20 Å². The van der Waals surface area contributed by atoms with Gasteiger partial charge in [-0.1, -0.05) is 12.1 Å². The number of rotatable bonds is 4. The number of likely N-dealkylation sites (tertiary alicyclic amines) is 1. The zero-order valence-corrected chi connectivity index (χ0v) is 13.6. The van der Waals surface area contributed by atoms with Gasteiger partial charge in [-0.25, -0.2) is 14.2 Å². The lowest BCUT2D eigenvalue weighted by Crippen LogP contribution is -2.39. The van der Waals surface area contributed by atoms with Gasteiger partial charge in [0.25, 0.3) is 5.89 Å². The molecule has 8 nitrogen and oxygen atoms in total. The lowest BCUT2D eigenvalue weighted by molar-refractivity contribution is 0.0901. The Morgan fingerprint density at radius 2 is 2.31 bits per heavy atom. The summed E-state index contributed by atoms with van der Waals surface area (Å²) in [6.07, 6.45) is 0.334. The van der Waals surface area contributed by atoms with Crippen LogP contribution in [0.4, 0.5) is 9.18 Å². The zero-order chi connectivity index (χ0) is 18.7. The van der Waals surface area contributed by atoms with Gasteiger partial charge in [0.15, 0.2) is 5.76 Å². The molecule has 2 aromatic rings. The normalized spacial score (nSPS) is 19.2. The minimum Gasteiger partial charge on any atom is -0.465 e. The summed E-state index contributed by atoms with van der Waals surface area (Å²) >= 11 is 0. The van der Waals surface area contributed by atoms with Crippen molar-refractivity contribution in [3.8, 4) is 17.4 Å². The molecule has 1 aliphatic heterocycles. The predicted octanol–water partition coefficient (Wildman–Crippen LogP) is 2.03. The summed E-state index contributed by atoms with van der Waals surface area (Å²) in [6.45, 7) is -0.801. The topological polar surface area (TPSA) is 119 Å². The summed E-state index contributed by atoms with van der Waals surface area (Å²) in [4.78, 5) is 28.2. The molecule has 2 heterocycles. The number of carbonyl (C=O) groups is 2. The fraction of sp³-hybridized carbons (Fsp3) is 0.294. The van der Waals surface area contributed by atoms with Gasteiger partial charge in [0.1, 0.15) is 6.67 Å². The maximum atomic E-state index is 12.9. The van der Waals surface area contributed by atoms with Crippen molar-refractivity contribution in [2.45, 2.75) is 18.5 Å². The highest BCUT2D eigenvalue weighted by molar-refractivity contribution is 5.90. The lowest BCUT2D eigenvalue weighted by atomic mass is 10.1. The minimum absolute atomic E-state index is 0.00738. The van der Waals surface area contributed by atoms with Gasteiger partial charge in [0.2, 0.25) is 0 Å². The van der Waals surface area contributed by atoms with E-state index in [0.717, 1.165) is 4.90 Å². The van der Waals surface area contributed by atoms with Crippen molar-refractivity contribution < 1.29 is 23.5 Å². The molecular weight excluding hydrogens is 343 g/mol. The molecule has 1 saturated heterocycles. The van der Waals surface area contributed by atoms with Crippen molar-refractivity contribution in [3.63, 3.8) is 0 Å². The molecule has 2 amide bonds. The third kappa shape index (κ3) is 3.49. The second-order valence-corrected chi connectivity index (χ2v) is 5.87. The standard InChI is InChI=1S/C17H15FN4O4/c18-6-13-5-12(9-22(13)17(24)25)21-15(23)16-20-8-14(26-16)11-3-1-2-10(4-11)7-19/h1-4,8,12-13H,5-6,9H2,(H,21,23)(H,24,25)/t12-,13+/m1/s1. The molecule has 2 atom stereocenters. The number of carbonyl (C=O) groups excluding carboxylic acids is 1. The average molecular weight is 358 g/mol. The van der Waals surface area contributed by atoms with E-state index < -0.39 is 30.8 Å². The smallest absolute Gasteiger partial charge is 0.407 e. The molecule has 0 bridgehead atoms. The third-order valence-corrected chi connectivity index (χ3v) is 4.15. The van der Waals surface area contributed by atoms with Crippen molar-refractivity contribution in [1.82, 2.24) is 15.2 Å². The Morgan fingerprint density at radius 3 is 2.96 bits per heavy atom. The van der Waals surface area contributed by atoms with Crippen LogP contribution in [-0.4, -0.2) is 52.3 Å². The lowest BCUT2D eigenvalue weighted by Gasteiger charge is -2.17. The Labute approximate surface area is 147 Å². The fourth-order valence-corrected chi connectivity index (χ4v) is 2.90. The highest BCUT2D eigenvalue weighted by Crippen LogP contribution is 2.22. The molecule has 0 aliphatic carbocycles. The molecular formula is C17H15FN4O4. The first-order valence-corrected chi connectivity index (χ1v) is 7.84. The maximum Gasteiger partial charge on any atom is 0.407 e. The quantitative estimate of drug-likeness (QED) is 0.863. The molecule has 1 aromatic carbocycles. The molecule has 0 saturated carbocycles. The molecule has 2 N–H and O–H groups in total. The van der Waals surface area contributed by atoms with E-state index in [9.17, 15) is 14.0 Å². The van der Waals surface area contributed by atoms with Crippen LogP contribution in [-0.2, 0) is 0 Å². The van der Waals surface area contributed by atoms with Crippen LogP contribution in [0, 0.1) is 11.3 Å². The van der Waals surface area contributed by atoms with Crippen LogP contribution < -0.4 is 5.32 Å². The van der Waals surface area contributed by atoms with Crippen molar-refractivity contribution in [3.05, 3.63) is 41.9 Å². The Kier molecular flexibility index (Phi) is 4.84. The van der Waals surface area contributed by atoms with E-state index >= 15 is 0 Å². The number of amides is 2. The number of aromatic nitrogens is 1. The van der Waals surface area contributed by atoms with E-state index in [1.807, 2.05) is 6.07 Å². The van der Waals surface area contributed by atoms with Gasteiger partial charge in [-0.15, -0.1) is 0 Å². The Balaban J connectivity index is 1.69. The highest BCUT2D eigenvalue weighted by atomic mass is 19.1. The molecule has 0 spiro atoms. The average Bonchev–Trinajstić information content (AvgIpc) is 3.29. The summed E-state index contributed by atoms with van der Waals surface area (Å²) in [6, 6.07) is 7.38. The van der Waals surface area contributed by atoms with E-state index in [2.05, 4.69) is 10.3 Å². The van der Waals surface area contributed by atoms with Crippen molar-refractivity contribution in [2.75, 3.05) is 13.2 Å². The van der Waals surface area contributed by atoms with E-state index in [1.54, 1.807) is 24.3 Å². The van der Waals surface area contributed by atoms with Crippen LogP contribution in [0.15, 0.2) is 34.9 Å². The molecule has 1 aromatic heterocycles. The number of nitrogens with one attached hydrogen (secondary N) is 1. The molecule has 1 aliphatic rings. The number of oxazole rings is 1. The summed E-state index contributed by atoms with van der Waals surface area (Å²) in [5, 5.41) is 20.6. The van der Waals surface area contributed by atoms with Gasteiger partial charge < -0.3 is 19.7 Å². The van der Waals surface area contributed by atoms with Gasteiger partial charge in [0, 0.05) is 18.2 Å². The number of halogens is 1. The Hall–Kier alpha value is -3.41. The Bertz CT molecular complexity index is 876. The number of hydrogen-bond acceptors (Lipinski definition) is 5. The first-order valence-electron chi connectivity index (χ1n) is 7.84. The second kappa shape index (κ2) is 7.23. The largest absolute Gasteiger partial charge is 0.465 e. The van der Waals surface area contributed by atoms with Crippen molar-refractivity contribution in [2.24, 2.45) is 0 Å². The predicted molar refractivity (Wildman–Crippen MR) is 87.0 cm³/mol. The van der Waals surface area contributed by atoms with E-state index in [0.29, 0.717) is 16.9 Å². The Morgan fingerprint density at radius 1 is 1.50 bits per heavy atom. The van der Waals surface area contributed by atoms with Crippen LogP contribution in [0.3, 0.4) is 0 Å². The third-order valence-electron chi connectivity index (χ3n) is 4.15. The number of carboxylic acid groups (broad SMARTS) is 1.